The summed E-state index contributed by atoms with van der Waals surface area (Å²) in [6, 6.07) is 22.2. The summed E-state index contributed by atoms with van der Waals surface area (Å²) >= 11 is 1.61. The number of carbonyl (C=O) groups excluding carboxylic acids is 1. The first-order chi connectivity index (χ1) is 15.2. The van der Waals surface area contributed by atoms with Gasteiger partial charge >= 0.3 is 5.97 Å². The van der Waals surface area contributed by atoms with E-state index in [2.05, 4.69) is 23.2 Å². The number of rotatable bonds is 10. The number of nitrogens with zero attached hydrogens (tertiary/aromatic N) is 2. The number of anilines is 1. The van der Waals surface area contributed by atoms with Crippen molar-refractivity contribution in [2.75, 3.05) is 18.2 Å². The average Bonchev–Trinajstić information content (AvgIpc) is 3.23. The van der Waals surface area contributed by atoms with Gasteiger partial charge in [-0.2, -0.15) is 0 Å². The van der Waals surface area contributed by atoms with Gasteiger partial charge in [0.25, 0.3) is 0 Å². The molecule has 0 saturated heterocycles. The molecule has 0 spiro atoms. The van der Waals surface area contributed by atoms with E-state index in [0.29, 0.717) is 13.0 Å². The molecule has 0 saturated carbocycles. The second kappa shape index (κ2) is 10.4. The second-order valence-electron chi connectivity index (χ2n) is 7.61. The normalized spacial score (nSPS) is 11.1. The Bertz CT molecular complexity index is 1120. The summed E-state index contributed by atoms with van der Waals surface area (Å²) in [6.45, 7) is 1.23. The van der Waals surface area contributed by atoms with Crippen LogP contribution in [0.1, 0.15) is 31.2 Å². The van der Waals surface area contributed by atoms with Crippen LogP contribution in [0.5, 0.6) is 0 Å². The van der Waals surface area contributed by atoms with Crippen LogP contribution in [0.4, 0.5) is 5.13 Å². The van der Waals surface area contributed by atoms with Crippen molar-refractivity contribution in [1.82, 2.24) is 4.98 Å². The number of benzene rings is 3. The van der Waals surface area contributed by atoms with Crippen molar-refractivity contribution in [2.24, 2.45) is 5.84 Å². The summed E-state index contributed by atoms with van der Waals surface area (Å²) in [4.78, 5) is 16.8. The van der Waals surface area contributed by atoms with E-state index in [9.17, 15) is 4.79 Å². The summed E-state index contributed by atoms with van der Waals surface area (Å²) in [5, 5.41) is 4.84. The second-order valence-corrected chi connectivity index (χ2v) is 8.62. The third-order valence-corrected chi connectivity index (χ3v) is 6.37. The highest BCUT2D eigenvalue weighted by Crippen LogP contribution is 2.27. The van der Waals surface area contributed by atoms with E-state index in [-0.39, 0.29) is 5.97 Å². The molecule has 5 nitrogen and oxygen atoms in total. The first-order valence-electron chi connectivity index (χ1n) is 10.7. The van der Waals surface area contributed by atoms with E-state index >= 15 is 0 Å². The summed E-state index contributed by atoms with van der Waals surface area (Å²) < 4.78 is 6.59. The molecule has 0 amide bonds. The topological polar surface area (TPSA) is 68.4 Å². The Hall–Kier alpha value is -2.96. The highest BCUT2D eigenvalue weighted by atomic mass is 32.1. The van der Waals surface area contributed by atoms with Crippen LogP contribution in [-0.4, -0.2) is 24.1 Å². The SMILES string of the molecule is NN(CCCCCCOC(=O)Cc1cccc2ccccc12)c1nc2ccccc2s1. The molecule has 2 N–H and O–H groups in total. The smallest absolute Gasteiger partial charge is 0.310 e. The maximum absolute atomic E-state index is 12.2. The number of esters is 1. The molecule has 31 heavy (non-hydrogen) atoms. The Kier molecular flexibility index (Phi) is 7.12. The molecule has 160 valence electrons. The third kappa shape index (κ3) is 5.60. The number of unbranched alkanes of at least 4 members (excludes halogenated alkanes) is 3. The van der Waals surface area contributed by atoms with Crippen LogP contribution in [0.25, 0.3) is 21.0 Å². The lowest BCUT2D eigenvalue weighted by Gasteiger charge is -2.14. The van der Waals surface area contributed by atoms with Gasteiger partial charge in [-0.3, -0.25) is 9.80 Å². The van der Waals surface area contributed by atoms with Crippen molar-refractivity contribution < 1.29 is 9.53 Å². The van der Waals surface area contributed by atoms with Crippen LogP contribution >= 0.6 is 11.3 Å². The minimum Gasteiger partial charge on any atom is -0.465 e. The van der Waals surface area contributed by atoms with Crippen molar-refractivity contribution in [3.8, 4) is 0 Å². The minimum atomic E-state index is -0.166. The molecule has 6 heteroatoms. The zero-order chi connectivity index (χ0) is 21.5. The molecule has 3 aromatic carbocycles. The lowest BCUT2D eigenvalue weighted by atomic mass is 10.0. The number of thiazole rings is 1. The van der Waals surface area contributed by atoms with Gasteiger partial charge in [-0.1, -0.05) is 72.4 Å². The van der Waals surface area contributed by atoms with E-state index in [0.717, 1.165) is 63.9 Å². The summed E-state index contributed by atoms with van der Waals surface area (Å²) in [6.07, 6.45) is 4.21. The van der Waals surface area contributed by atoms with Crippen molar-refractivity contribution in [2.45, 2.75) is 32.1 Å². The van der Waals surface area contributed by atoms with Gasteiger partial charge in [0, 0.05) is 6.54 Å². The van der Waals surface area contributed by atoms with Crippen molar-refractivity contribution in [1.29, 1.82) is 0 Å². The van der Waals surface area contributed by atoms with E-state index < -0.39 is 0 Å². The van der Waals surface area contributed by atoms with Gasteiger partial charge < -0.3 is 4.74 Å². The highest BCUT2D eigenvalue weighted by Gasteiger charge is 2.09. The average molecular weight is 434 g/mol. The van der Waals surface area contributed by atoms with Crippen LogP contribution in [0.2, 0.25) is 0 Å². The Morgan fingerprint density at radius 3 is 2.61 bits per heavy atom. The molecule has 0 aliphatic carbocycles. The van der Waals surface area contributed by atoms with E-state index in [4.69, 9.17) is 10.6 Å². The molecule has 0 unspecified atom stereocenters. The molecule has 4 aromatic rings. The number of nitrogens with two attached hydrogens (primary N) is 1. The van der Waals surface area contributed by atoms with Gasteiger partial charge in [-0.15, -0.1) is 0 Å². The fourth-order valence-corrected chi connectivity index (χ4v) is 4.57. The molecule has 0 radical (unpaired) electrons. The molecule has 1 aromatic heterocycles. The van der Waals surface area contributed by atoms with E-state index in [1.54, 1.807) is 16.3 Å². The number of ether oxygens (including phenoxy) is 1. The Balaban J connectivity index is 1.12. The number of hydrogen-bond acceptors (Lipinski definition) is 6. The summed E-state index contributed by atoms with van der Waals surface area (Å²) in [5.41, 5.74) is 2.00. The number of carbonyl (C=O) groups is 1. The molecule has 4 rings (SSSR count). The molecule has 0 atom stereocenters. The first-order valence-corrected chi connectivity index (χ1v) is 11.5. The Labute approximate surface area is 186 Å². The fourth-order valence-electron chi connectivity index (χ4n) is 3.66. The monoisotopic (exact) mass is 433 g/mol. The van der Waals surface area contributed by atoms with Crippen molar-refractivity contribution in [3.63, 3.8) is 0 Å². The summed E-state index contributed by atoms with van der Waals surface area (Å²) in [5.74, 6) is 6.00. The van der Waals surface area contributed by atoms with Crippen LogP contribution in [-0.2, 0) is 16.0 Å². The largest absolute Gasteiger partial charge is 0.465 e. The maximum atomic E-state index is 12.2. The van der Waals surface area contributed by atoms with Crippen LogP contribution in [0, 0.1) is 0 Å². The standard InChI is InChI=1S/C25H27N3O2S/c26-28(25-27-22-14-5-6-15-23(22)31-25)16-7-1-2-8-17-30-24(29)18-20-12-9-11-19-10-3-4-13-21(19)20/h3-6,9-15H,1-2,7-8,16-18,26H2. The Morgan fingerprint density at radius 1 is 0.935 bits per heavy atom. The predicted octanol–water partition coefficient (Wildman–Crippen LogP) is 5.48. The van der Waals surface area contributed by atoms with E-state index in [1.807, 2.05) is 48.5 Å². The van der Waals surface area contributed by atoms with Gasteiger partial charge in [0.2, 0.25) is 5.13 Å². The minimum absolute atomic E-state index is 0.166. The van der Waals surface area contributed by atoms with Crippen molar-refractivity contribution >= 4 is 43.4 Å². The van der Waals surface area contributed by atoms with Gasteiger partial charge in [-0.05, 0) is 47.7 Å². The molecule has 0 bridgehead atoms. The fraction of sp³-hybridized carbons (Fsp3) is 0.280. The van der Waals surface area contributed by atoms with Crippen LogP contribution in [0.3, 0.4) is 0 Å². The molecular weight excluding hydrogens is 406 g/mol. The lowest BCUT2D eigenvalue weighted by Crippen LogP contribution is -2.31. The van der Waals surface area contributed by atoms with Crippen LogP contribution < -0.4 is 10.9 Å². The summed E-state index contributed by atoms with van der Waals surface area (Å²) in [7, 11) is 0. The van der Waals surface area contributed by atoms with Gasteiger partial charge in [-0.25, -0.2) is 10.8 Å². The third-order valence-electron chi connectivity index (χ3n) is 5.30. The maximum Gasteiger partial charge on any atom is 0.310 e. The number of para-hydroxylation sites is 1. The number of fused-ring (bicyclic) bond motifs is 2. The lowest BCUT2D eigenvalue weighted by molar-refractivity contribution is -0.142. The number of hydrazine groups is 1. The van der Waals surface area contributed by atoms with Gasteiger partial charge in [0.1, 0.15) is 0 Å². The number of hydrogen-bond donors (Lipinski definition) is 1. The number of aromatic nitrogens is 1. The zero-order valence-corrected chi connectivity index (χ0v) is 18.3. The molecule has 0 fully saturated rings. The van der Waals surface area contributed by atoms with Crippen molar-refractivity contribution in [3.05, 3.63) is 72.3 Å². The molecule has 0 aliphatic heterocycles. The predicted molar refractivity (Wildman–Crippen MR) is 128 cm³/mol. The van der Waals surface area contributed by atoms with E-state index in [1.165, 1.54) is 0 Å². The van der Waals surface area contributed by atoms with Gasteiger partial charge in [0.05, 0.1) is 23.2 Å². The molecule has 0 aliphatic rings. The quantitative estimate of drug-likeness (QED) is 0.155. The molecular formula is C25H27N3O2S. The first kappa shape index (κ1) is 21.3. The highest BCUT2D eigenvalue weighted by molar-refractivity contribution is 7.22. The molecule has 1 heterocycles. The zero-order valence-electron chi connectivity index (χ0n) is 17.5. The van der Waals surface area contributed by atoms with Crippen LogP contribution in [0.15, 0.2) is 66.7 Å². The Morgan fingerprint density at radius 2 is 1.71 bits per heavy atom. The van der Waals surface area contributed by atoms with Gasteiger partial charge in [0.15, 0.2) is 0 Å².